The Labute approximate surface area is 82.5 Å². The molecule has 3 nitrogen and oxygen atoms in total. The largest absolute Gasteiger partial charge is 0.453 e. The SMILES string of the molecule is CN(C)C(=O)C(O)CC(F)(F)C(F)(F)F. The Morgan fingerprint density at radius 2 is 1.67 bits per heavy atom. The number of hydrogen-bond acceptors (Lipinski definition) is 2. The number of aliphatic hydroxyl groups excluding tert-OH is 1. The third kappa shape index (κ3) is 3.61. The number of hydrogen-bond donors (Lipinski definition) is 1. The number of amides is 1. The van der Waals surface area contributed by atoms with Crippen LogP contribution in [0.5, 0.6) is 0 Å². The van der Waals surface area contributed by atoms with Gasteiger partial charge in [-0.05, 0) is 0 Å². The molecule has 1 N–H and O–H groups in total. The maximum atomic E-state index is 12.3. The summed E-state index contributed by atoms with van der Waals surface area (Å²) in [7, 11) is 2.27. The second-order valence-corrected chi connectivity index (χ2v) is 3.15. The predicted octanol–water partition coefficient (Wildman–Crippen LogP) is 1.02. The van der Waals surface area contributed by atoms with Crippen molar-refractivity contribution in [3.63, 3.8) is 0 Å². The first kappa shape index (κ1) is 14.1. The van der Waals surface area contributed by atoms with E-state index >= 15 is 0 Å². The fourth-order valence-electron chi connectivity index (χ4n) is 0.744. The summed E-state index contributed by atoms with van der Waals surface area (Å²) >= 11 is 0. The summed E-state index contributed by atoms with van der Waals surface area (Å²) in [6.07, 6.45) is -10.1. The zero-order valence-corrected chi connectivity index (χ0v) is 7.98. The molecule has 1 amide bonds. The van der Waals surface area contributed by atoms with Gasteiger partial charge in [-0.1, -0.05) is 0 Å². The first-order chi connectivity index (χ1) is 6.49. The second kappa shape index (κ2) is 4.30. The first-order valence-corrected chi connectivity index (χ1v) is 3.83. The van der Waals surface area contributed by atoms with Gasteiger partial charge in [-0.2, -0.15) is 22.0 Å². The third-order valence-electron chi connectivity index (χ3n) is 1.59. The van der Waals surface area contributed by atoms with Crippen LogP contribution in [0.25, 0.3) is 0 Å². The molecule has 1 unspecified atom stereocenters. The molecule has 0 aromatic heterocycles. The molecule has 0 aromatic rings. The molecular formula is C7H10F5NO2. The molecule has 1 atom stereocenters. The molecule has 0 saturated carbocycles. The topological polar surface area (TPSA) is 40.5 Å². The number of alkyl halides is 5. The minimum atomic E-state index is -5.76. The fraction of sp³-hybridized carbons (Fsp3) is 0.857. The van der Waals surface area contributed by atoms with E-state index in [1.165, 1.54) is 0 Å². The lowest BCUT2D eigenvalue weighted by molar-refractivity contribution is -0.289. The van der Waals surface area contributed by atoms with Gasteiger partial charge in [0, 0.05) is 14.1 Å². The monoisotopic (exact) mass is 235 g/mol. The van der Waals surface area contributed by atoms with E-state index in [4.69, 9.17) is 5.11 Å². The Bertz CT molecular complexity index is 238. The van der Waals surface area contributed by atoms with Crippen LogP contribution in [0.3, 0.4) is 0 Å². The Morgan fingerprint density at radius 3 is 1.93 bits per heavy atom. The zero-order valence-electron chi connectivity index (χ0n) is 7.98. The average Bonchev–Trinajstić information content (AvgIpc) is 1.99. The van der Waals surface area contributed by atoms with Crippen molar-refractivity contribution < 1.29 is 31.9 Å². The highest BCUT2D eigenvalue weighted by molar-refractivity contribution is 5.80. The quantitative estimate of drug-likeness (QED) is 0.742. The zero-order chi connectivity index (χ0) is 12.4. The highest BCUT2D eigenvalue weighted by Crippen LogP contribution is 2.38. The van der Waals surface area contributed by atoms with Gasteiger partial charge in [-0.15, -0.1) is 0 Å². The Hall–Kier alpha value is -0.920. The molecule has 0 saturated heterocycles. The van der Waals surface area contributed by atoms with E-state index in [0.717, 1.165) is 19.0 Å². The molecule has 0 aliphatic heterocycles. The smallest absolute Gasteiger partial charge is 0.383 e. The van der Waals surface area contributed by atoms with Crippen LogP contribution in [0.4, 0.5) is 22.0 Å². The summed E-state index contributed by atoms with van der Waals surface area (Å²) < 4.78 is 59.7. The van der Waals surface area contributed by atoms with Gasteiger partial charge in [0.25, 0.3) is 5.91 Å². The highest BCUT2D eigenvalue weighted by Gasteiger charge is 2.58. The van der Waals surface area contributed by atoms with Crippen molar-refractivity contribution in [2.75, 3.05) is 14.1 Å². The van der Waals surface area contributed by atoms with Crippen molar-refractivity contribution in [1.82, 2.24) is 4.90 Å². The van der Waals surface area contributed by atoms with Gasteiger partial charge in [0.15, 0.2) is 0 Å². The molecule has 0 bridgehead atoms. The number of nitrogens with zero attached hydrogens (tertiary/aromatic N) is 1. The van der Waals surface area contributed by atoms with Crippen molar-refractivity contribution in [2.24, 2.45) is 0 Å². The first-order valence-electron chi connectivity index (χ1n) is 3.83. The van der Waals surface area contributed by atoms with Crippen LogP contribution in [0.2, 0.25) is 0 Å². The van der Waals surface area contributed by atoms with Gasteiger partial charge >= 0.3 is 12.1 Å². The number of carbonyl (C=O) groups is 1. The van der Waals surface area contributed by atoms with Gasteiger partial charge in [0.05, 0.1) is 6.42 Å². The molecule has 90 valence electrons. The van der Waals surface area contributed by atoms with Crippen molar-refractivity contribution in [2.45, 2.75) is 24.6 Å². The minimum absolute atomic E-state index is 0.733. The van der Waals surface area contributed by atoms with Crippen molar-refractivity contribution in [1.29, 1.82) is 0 Å². The summed E-state index contributed by atoms with van der Waals surface area (Å²) in [6, 6.07) is 0. The van der Waals surface area contributed by atoms with Crippen LogP contribution in [-0.2, 0) is 4.79 Å². The molecule has 0 aliphatic carbocycles. The molecule has 0 fully saturated rings. The lowest BCUT2D eigenvalue weighted by Gasteiger charge is -2.23. The second-order valence-electron chi connectivity index (χ2n) is 3.15. The normalized spacial score (nSPS) is 14.9. The summed E-state index contributed by atoms with van der Waals surface area (Å²) in [5, 5.41) is 8.82. The van der Waals surface area contributed by atoms with E-state index in [2.05, 4.69) is 0 Å². The van der Waals surface area contributed by atoms with Crippen LogP contribution in [0, 0.1) is 0 Å². The summed E-state index contributed by atoms with van der Waals surface area (Å²) in [5.74, 6) is -6.27. The van der Waals surface area contributed by atoms with E-state index in [1.54, 1.807) is 0 Å². The molecular weight excluding hydrogens is 225 g/mol. The maximum absolute atomic E-state index is 12.3. The Kier molecular flexibility index (Phi) is 4.03. The molecule has 0 rings (SSSR count). The van der Waals surface area contributed by atoms with E-state index in [-0.39, 0.29) is 0 Å². The van der Waals surface area contributed by atoms with Gasteiger partial charge in [-0.3, -0.25) is 4.79 Å². The van der Waals surface area contributed by atoms with Gasteiger partial charge < -0.3 is 10.0 Å². The third-order valence-corrected chi connectivity index (χ3v) is 1.59. The summed E-state index contributed by atoms with van der Waals surface area (Å²) in [5.41, 5.74) is 0. The Morgan fingerprint density at radius 1 is 1.27 bits per heavy atom. The van der Waals surface area contributed by atoms with E-state index in [1.807, 2.05) is 0 Å². The summed E-state index contributed by atoms with van der Waals surface area (Å²) in [4.78, 5) is 11.6. The molecule has 15 heavy (non-hydrogen) atoms. The summed E-state index contributed by atoms with van der Waals surface area (Å²) in [6.45, 7) is 0. The number of likely N-dealkylation sites (N-methyl/N-ethyl adjacent to an activating group) is 1. The number of rotatable bonds is 3. The molecule has 0 aliphatic rings. The number of carbonyl (C=O) groups excluding carboxylic acids is 1. The number of aliphatic hydroxyl groups is 1. The maximum Gasteiger partial charge on any atom is 0.453 e. The van der Waals surface area contributed by atoms with E-state index < -0.39 is 30.5 Å². The fourth-order valence-corrected chi connectivity index (χ4v) is 0.744. The van der Waals surface area contributed by atoms with Crippen molar-refractivity contribution in [3.05, 3.63) is 0 Å². The molecule has 0 heterocycles. The van der Waals surface area contributed by atoms with Crippen LogP contribution in [0.1, 0.15) is 6.42 Å². The number of halogens is 5. The molecule has 8 heteroatoms. The molecule has 0 radical (unpaired) electrons. The molecule has 0 spiro atoms. The standard InChI is InChI=1S/C7H10F5NO2/c1-13(2)5(15)4(14)3-6(8,9)7(10,11)12/h4,14H,3H2,1-2H3. The van der Waals surface area contributed by atoms with E-state index in [9.17, 15) is 26.7 Å². The lowest BCUT2D eigenvalue weighted by atomic mass is 10.1. The van der Waals surface area contributed by atoms with Crippen LogP contribution >= 0.6 is 0 Å². The predicted molar refractivity (Wildman–Crippen MR) is 40.3 cm³/mol. The minimum Gasteiger partial charge on any atom is -0.383 e. The van der Waals surface area contributed by atoms with Crippen molar-refractivity contribution >= 4 is 5.91 Å². The average molecular weight is 235 g/mol. The van der Waals surface area contributed by atoms with Gasteiger partial charge in [0.1, 0.15) is 6.10 Å². The van der Waals surface area contributed by atoms with Crippen molar-refractivity contribution in [3.8, 4) is 0 Å². The Balaban J connectivity index is 4.54. The van der Waals surface area contributed by atoms with Crippen LogP contribution in [0.15, 0.2) is 0 Å². The van der Waals surface area contributed by atoms with Crippen LogP contribution < -0.4 is 0 Å². The lowest BCUT2D eigenvalue weighted by Crippen LogP contribution is -2.44. The van der Waals surface area contributed by atoms with Gasteiger partial charge in [-0.25, -0.2) is 0 Å². The van der Waals surface area contributed by atoms with Gasteiger partial charge in [0.2, 0.25) is 0 Å². The highest BCUT2D eigenvalue weighted by atomic mass is 19.4. The van der Waals surface area contributed by atoms with Crippen LogP contribution in [-0.4, -0.2) is 48.2 Å². The van der Waals surface area contributed by atoms with E-state index in [0.29, 0.717) is 0 Å². The molecule has 0 aromatic carbocycles.